The second-order valence-corrected chi connectivity index (χ2v) is 5.20. The van der Waals surface area contributed by atoms with Gasteiger partial charge in [0.05, 0.1) is 20.8 Å². The fraction of sp³-hybridized carbons (Fsp3) is 0.200. The van der Waals surface area contributed by atoms with Crippen LogP contribution in [0.4, 0.5) is 5.69 Å². The number of methoxy groups -OCH3 is 2. The minimum Gasteiger partial charge on any atom is -0.494 e. The number of hydrogen-bond acceptors (Lipinski definition) is 5. The molecule has 0 aliphatic carbocycles. The van der Waals surface area contributed by atoms with Gasteiger partial charge in [-0.2, -0.15) is 5.26 Å². The molecule has 26 heavy (non-hydrogen) atoms. The van der Waals surface area contributed by atoms with Crippen LogP contribution in [0.25, 0.3) is 6.08 Å². The van der Waals surface area contributed by atoms with E-state index in [2.05, 4.69) is 5.32 Å². The zero-order valence-electron chi connectivity index (χ0n) is 14.9. The number of hydrogen-bond donors (Lipinski definition) is 1. The summed E-state index contributed by atoms with van der Waals surface area (Å²) in [6.07, 6.45) is 1.51. The van der Waals surface area contributed by atoms with Crippen LogP contribution in [0.15, 0.2) is 48.0 Å². The van der Waals surface area contributed by atoms with Crippen molar-refractivity contribution in [2.75, 3.05) is 26.1 Å². The normalized spacial score (nSPS) is 10.6. The Morgan fingerprint density at radius 2 is 1.92 bits per heavy atom. The first-order chi connectivity index (χ1) is 12.6. The Morgan fingerprint density at radius 1 is 1.15 bits per heavy atom. The van der Waals surface area contributed by atoms with Crippen molar-refractivity contribution in [2.45, 2.75) is 6.92 Å². The van der Waals surface area contributed by atoms with E-state index in [1.807, 2.05) is 19.1 Å². The number of nitriles is 1. The first kappa shape index (κ1) is 18.9. The maximum Gasteiger partial charge on any atom is 0.266 e. The molecule has 0 aliphatic rings. The Kier molecular flexibility index (Phi) is 6.63. The largest absolute Gasteiger partial charge is 0.494 e. The van der Waals surface area contributed by atoms with E-state index < -0.39 is 5.91 Å². The van der Waals surface area contributed by atoms with Crippen LogP contribution in [0.2, 0.25) is 0 Å². The van der Waals surface area contributed by atoms with Crippen molar-refractivity contribution in [1.82, 2.24) is 0 Å². The van der Waals surface area contributed by atoms with Gasteiger partial charge in [0.2, 0.25) is 0 Å². The van der Waals surface area contributed by atoms with Crippen LogP contribution in [0.3, 0.4) is 0 Å². The molecule has 1 N–H and O–H groups in total. The van der Waals surface area contributed by atoms with E-state index in [1.54, 1.807) is 36.4 Å². The summed E-state index contributed by atoms with van der Waals surface area (Å²) in [5, 5.41) is 12.0. The summed E-state index contributed by atoms with van der Waals surface area (Å²) in [6.45, 7) is 2.43. The standard InChI is InChI=1S/C20H20N2O4/c1-4-26-17-7-5-6-14(11-17)10-15(13-21)20(23)22-16-8-9-18(24-2)19(12-16)25-3/h5-12H,4H2,1-3H3,(H,22,23)/b15-10+. The second kappa shape index (κ2) is 9.14. The van der Waals surface area contributed by atoms with E-state index in [4.69, 9.17) is 14.2 Å². The highest BCUT2D eigenvalue weighted by atomic mass is 16.5. The zero-order valence-corrected chi connectivity index (χ0v) is 14.9. The average Bonchev–Trinajstić information content (AvgIpc) is 2.66. The molecule has 134 valence electrons. The third kappa shape index (κ3) is 4.77. The van der Waals surface area contributed by atoms with Crippen molar-refractivity contribution in [3.05, 3.63) is 53.6 Å². The summed E-state index contributed by atoms with van der Waals surface area (Å²) in [4.78, 5) is 12.4. The van der Waals surface area contributed by atoms with Gasteiger partial charge in [-0.3, -0.25) is 4.79 Å². The molecule has 2 aromatic carbocycles. The van der Waals surface area contributed by atoms with Crippen LogP contribution in [-0.4, -0.2) is 26.7 Å². The van der Waals surface area contributed by atoms with E-state index in [-0.39, 0.29) is 5.57 Å². The lowest BCUT2D eigenvalue weighted by molar-refractivity contribution is -0.112. The van der Waals surface area contributed by atoms with Crippen LogP contribution >= 0.6 is 0 Å². The lowest BCUT2D eigenvalue weighted by Crippen LogP contribution is -2.13. The predicted molar refractivity (Wildman–Crippen MR) is 99.4 cm³/mol. The molecule has 0 bridgehead atoms. The minimum atomic E-state index is -0.512. The van der Waals surface area contributed by atoms with Crippen LogP contribution in [0, 0.1) is 11.3 Å². The smallest absolute Gasteiger partial charge is 0.266 e. The molecule has 0 fully saturated rings. The maximum absolute atomic E-state index is 12.4. The number of carbonyl (C=O) groups excluding carboxylic acids is 1. The summed E-state index contributed by atoms with van der Waals surface area (Å²) in [5.74, 6) is 1.20. The quantitative estimate of drug-likeness (QED) is 0.608. The Labute approximate surface area is 152 Å². The molecule has 2 aromatic rings. The first-order valence-corrected chi connectivity index (χ1v) is 7.99. The van der Waals surface area contributed by atoms with Crippen molar-refractivity contribution < 1.29 is 19.0 Å². The third-order valence-electron chi connectivity index (χ3n) is 3.49. The number of nitrogens with zero attached hydrogens (tertiary/aromatic N) is 1. The summed E-state index contributed by atoms with van der Waals surface area (Å²) >= 11 is 0. The lowest BCUT2D eigenvalue weighted by Gasteiger charge is -2.10. The molecule has 0 atom stereocenters. The maximum atomic E-state index is 12.4. The summed E-state index contributed by atoms with van der Waals surface area (Å²) < 4.78 is 15.8. The van der Waals surface area contributed by atoms with E-state index in [1.165, 1.54) is 20.3 Å². The van der Waals surface area contributed by atoms with Gasteiger partial charge in [-0.1, -0.05) is 12.1 Å². The van der Waals surface area contributed by atoms with Crippen LogP contribution in [0.5, 0.6) is 17.2 Å². The zero-order chi connectivity index (χ0) is 18.9. The fourth-order valence-corrected chi connectivity index (χ4v) is 2.29. The fourth-order valence-electron chi connectivity index (χ4n) is 2.29. The molecule has 0 spiro atoms. The highest BCUT2D eigenvalue weighted by molar-refractivity contribution is 6.09. The van der Waals surface area contributed by atoms with E-state index >= 15 is 0 Å². The molecular weight excluding hydrogens is 332 g/mol. The SMILES string of the molecule is CCOc1cccc(/C=C(\C#N)C(=O)Nc2ccc(OC)c(OC)c2)c1. The van der Waals surface area contributed by atoms with Gasteiger partial charge in [0.25, 0.3) is 5.91 Å². The third-order valence-corrected chi connectivity index (χ3v) is 3.49. The van der Waals surface area contributed by atoms with Gasteiger partial charge in [-0.15, -0.1) is 0 Å². The number of benzene rings is 2. The molecule has 6 nitrogen and oxygen atoms in total. The molecule has 1 amide bonds. The monoisotopic (exact) mass is 352 g/mol. The molecule has 0 unspecified atom stereocenters. The lowest BCUT2D eigenvalue weighted by atomic mass is 10.1. The van der Waals surface area contributed by atoms with E-state index in [0.717, 1.165) is 0 Å². The number of ether oxygens (including phenoxy) is 3. The number of nitrogens with one attached hydrogen (secondary N) is 1. The Morgan fingerprint density at radius 3 is 2.58 bits per heavy atom. The molecular formula is C20H20N2O4. The van der Waals surface area contributed by atoms with Crippen molar-refractivity contribution in [3.63, 3.8) is 0 Å². The molecule has 6 heteroatoms. The minimum absolute atomic E-state index is 0.0200. The highest BCUT2D eigenvalue weighted by Crippen LogP contribution is 2.30. The number of rotatable bonds is 7. The summed E-state index contributed by atoms with van der Waals surface area (Å²) in [6, 6.07) is 14.1. The topological polar surface area (TPSA) is 80.6 Å². The second-order valence-electron chi connectivity index (χ2n) is 5.20. The molecule has 0 radical (unpaired) electrons. The highest BCUT2D eigenvalue weighted by Gasteiger charge is 2.12. The van der Waals surface area contributed by atoms with Gasteiger partial charge in [0, 0.05) is 11.8 Å². The van der Waals surface area contributed by atoms with Gasteiger partial charge >= 0.3 is 0 Å². The Hall–Kier alpha value is -3.46. The van der Waals surface area contributed by atoms with Gasteiger partial charge in [-0.25, -0.2) is 0 Å². The van der Waals surface area contributed by atoms with E-state index in [0.29, 0.717) is 35.1 Å². The number of anilines is 1. The molecule has 0 heterocycles. The van der Waals surface area contributed by atoms with E-state index in [9.17, 15) is 10.1 Å². The molecule has 0 saturated carbocycles. The first-order valence-electron chi connectivity index (χ1n) is 7.99. The predicted octanol–water partition coefficient (Wildman–Crippen LogP) is 3.65. The van der Waals surface area contributed by atoms with Crippen molar-refractivity contribution in [2.24, 2.45) is 0 Å². The molecule has 0 aliphatic heterocycles. The van der Waals surface area contributed by atoms with Crippen LogP contribution in [0.1, 0.15) is 12.5 Å². The molecule has 0 saturated heterocycles. The summed E-state index contributed by atoms with van der Waals surface area (Å²) in [7, 11) is 3.04. The van der Waals surface area contributed by atoms with Gasteiger partial charge < -0.3 is 19.5 Å². The molecule has 2 rings (SSSR count). The van der Waals surface area contributed by atoms with Crippen molar-refractivity contribution in [3.8, 4) is 23.3 Å². The number of carbonyl (C=O) groups is 1. The average molecular weight is 352 g/mol. The van der Waals surface area contributed by atoms with Gasteiger partial charge in [0.1, 0.15) is 17.4 Å². The van der Waals surface area contributed by atoms with Crippen molar-refractivity contribution in [1.29, 1.82) is 5.26 Å². The van der Waals surface area contributed by atoms with Crippen LogP contribution < -0.4 is 19.5 Å². The van der Waals surface area contributed by atoms with Gasteiger partial charge in [0.15, 0.2) is 11.5 Å². The Bertz CT molecular complexity index is 853. The van der Waals surface area contributed by atoms with Crippen LogP contribution in [-0.2, 0) is 4.79 Å². The number of amides is 1. The Balaban J connectivity index is 2.21. The van der Waals surface area contributed by atoms with Crippen molar-refractivity contribution >= 4 is 17.7 Å². The molecule has 0 aromatic heterocycles. The summed E-state index contributed by atoms with van der Waals surface area (Å²) in [5.41, 5.74) is 1.18. The van der Waals surface area contributed by atoms with Gasteiger partial charge in [-0.05, 0) is 42.8 Å².